The third kappa shape index (κ3) is 3.93. The van der Waals surface area contributed by atoms with Crippen LogP contribution in [0.5, 0.6) is 5.75 Å². The number of hydrogen-bond donors (Lipinski definition) is 2. The third-order valence-electron chi connectivity index (χ3n) is 3.35. The van der Waals surface area contributed by atoms with Crippen molar-refractivity contribution in [2.75, 3.05) is 32.8 Å². The van der Waals surface area contributed by atoms with Gasteiger partial charge in [0.1, 0.15) is 12.7 Å². The molecule has 1 aromatic rings. The van der Waals surface area contributed by atoms with Crippen LogP contribution in [0, 0.1) is 5.82 Å². The second kappa shape index (κ2) is 7.03. The van der Waals surface area contributed by atoms with Crippen LogP contribution in [0.4, 0.5) is 4.39 Å². The fourth-order valence-electron chi connectivity index (χ4n) is 2.14. The molecule has 0 bridgehead atoms. The molecule has 0 spiro atoms. The lowest BCUT2D eigenvalue weighted by Gasteiger charge is -2.31. The number of benzene rings is 1. The Morgan fingerprint density at radius 1 is 1.50 bits per heavy atom. The summed E-state index contributed by atoms with van der Waals surface area (Å²) in [6.07, 6.45) is -0.106. The van der Waals surface area contributed by atoms with E-state index in [4.69, 9.17) is 19.5 Å². The maximum atomic E-state index is 13.6. The van der Waals surface area contributed by atoms with Gasteiger partial charge in [-0.05, 0) is 24.1 Å². The standard InChI is InChI=1S/C13H19BFNO4/c1-2-16-5-6-19-11(8-16)9-20-13-7-10(14(17)18)3-4-12(13)15/h3-4,7,11,17-18H,2,5-6,8-9H2,1H3. The average Bonchev–Trinajstić information content (AvgIpc) is 2.46. The molecule has 0 radical (unpaired) electrons. The van der Waals surface area contributed by atoms with E-state index >= 15 is 0 Å². The van der Waals surface area contributed by atoms with Crippen LogP contribution in [-0.2, 0) is 4.74 Å². The second-order valence-corrected chi connectivity index (χ2v) is 4.76. The topological polar surface area (TPSA) is 62.2 Å². The zero-order valence-electron chi connectivity index (χ0n) is 11.5. The zero-order valence-corrected chi connectivity index (χ0v) is 11.5. The predicted octanol–water partition coefficient (Wildman–Crippen LogP) is -0.395. The first-order valence-electron chi connectivity index (χ1n) is 6.72. The summed E-state index contributed by atoms with van der Waals surface area (Å²) in [6, 6.07) is 3.76. The summed E-state index contributed by atoms with van der Waals surface area (Å²) in [5.74, 6) is -0.523. The van der Waals surface area contributed by atoms with Crippen LogP contribution in [0.25, 0.3) is 0 Å². The van der Waals surface area contributed by atoms with Crippen LogP contribution in [0.2, 0.25) is 0 Å². The van der Waals surface area contributed by atoms with E-state index < -0.39 is 12.9 Å². The van der Waals surface area contributed by atoms with Crippen molar-refractivity contribution in [1.82, 2.24) is 4.90 Å². The monoisotopic (exact) mass is 283 g/mol. The maximum Gasteiger partial charge on any atom is 0.488 e. The molecule has 110 valence electrons. The van der Waals surface area contributed by atoms with E-state index in [0.29, 0.717) is 6.61 Å². The fourth-order valence-corrected chi connectivity index (χ4v) is 2.14. The molecule has 7 heteroatoms. The van der Waals surface area contributed by atoms with Gasteiger partial charge >= 0.3 is 7.12 Å². The largest absolute Gasteiger partial charge is 0.488 e. The first-order chi connectivity index (χ1) is 9.60. The van der Waals surface area contributed by atoms with E-state index in [1.54, 1.807) is 0 Å². The first-order valence-corrected chi connectivity index (χ1v) is 6.72. The molecule has 1 aromatic carbocycles. The summed E-state index contributed by atoms with van der Waals surface area (Å²) in [6.45, 7) is 5.54. The fraction of sp³-hybridized carbons (Fsp3) is 0.538. The van der Waals surface area contributed by atoms with Crippen molar-refractivity contribution in [3.63, 3.8) is 0 Å². The molecule has 5 nitrogen and oxygen atoms in total. The highest BCUT2D eigenvalue weighted by Gasteiger charge is 2.21. The minimum atomic E-state index is -1.64. The Morgan fingerprint density at radius 3 is 3.00 bits per heavy atom. The molecule has 1 aliphatic rings. The molecule has 2 rings (SSSR count). The van der Waals surface area contributed by atoms with E-state index in [1.807, 2.05) is 0 Å². The van der Waals surface area contributed by atoms with Gasteiger partial charge in [-0.15, -0.1) is 0 Å². The molecule has 2 N–H and O–H groups in total. The van der Waals surface area contributed by atoms with Gasteiger partial charge in [0.05, 0.1) is 6.61 Å². The quantitative estimate of drug-likeness (QED) is 0.720. The molecule has 0 saturated carbocycles. The lowest BCUT2D eigenvalue weighted by molar-refractivity contribution is -0.0468. The SMILES string of the molecule is CCN1CCOC(COc2cc(B(O)O)ccc2F)C1. The van der Waals surface area contributed by atoms with E-state index in [2.05, 4.69) is 11.8 Å². The van der Waals surface area contributed by atoms with Crippen molar-refractivity contribution in [1.29, 1.82) is 0 Å². The van der Waals surface area contributed by atoms with Gasteiger partial charge in [-0.3, -0.25) is 4.90 Å². The third-order valence-corrected chi connectivity index (χ3v) is 3.35. The van der Waals surface area contributed by atoms with E-state index in [9.17, 15) is 4.39 Å². The lowest BCUT2D eigenvalue weighted by atomic mass is 9.80. The Bertz CT molecular complexity index is 446. The Labute approximate surface area is 118 Å². The molecule has 1 heterocycles. The molecule has 20 heavy (non-hydrogen) atoms. The van der Waals surface area contributed by atoms with Gasteiger partial charge in [-0.2, -0.15) is 0 Å². The average molecular weight is 283 g/mol. The van der Waals surface area contributed by atoms with Crippen LogP contribution in [-0.4, -0.2) is 61.0 Å². The number of nitrogens with zero attached hydrogens (tertiary/aromatic N) is 1. The highest BCUT2D eigenvalue weighted by Crippen LogP contribution is 2.16. The van der Waals surface area contributed by atoms with E-state index in [1.165, 1.54) is 12.1 Å². The summed E-state index contributed by atoms with van der Waals surface area (Å²) >= 11 is 0. The minimum absolute atomic E-state index is 0.00724. The summed E-state index contributed by atoms with van der Waals surface area (Å²) in [7, 11) is -1.64. The van der Waals surface area contributed by atoms with Crippen molar-refractivity contribution in [2.24, 2.45) is 0 Å². The lowest BCUT2D eigenvalue weighted by Crippen LogP contribution is -2.44. The normalized spacial score (nSPS) is 19.9. The smallest absolute Gasteiger partial charge is 0.488 e. The van der Waals surface area contributed by atoms with Gasteiger partial charge in [0.15, 0.2) is 11.6 Å². The van der Waals surface area contributed by atoms with E-state index in [0.717, 1.165) is 25.7 Å². The van der Waals surface area contributed by atoms with Crippen LogP contribution in [0.1, 0.15) is 6.92 Å². The van der Waals surface area contributed by atoms with Crippen LogP contribution >= 0.6 is 0 Å². The summed E-state index contributed by atoms with van der Waals surface area (Å²) in [4.78, 5) is 2.24. The zero-order chi connectivity index (χ0) is 14.5. The summed E-state index contributed by atoms with van der Waals surface area (Å²) in [5.41, 5.74) is 0.196. The Hall–Kier alpha value is -1.15. The molecule has 0 aliphatic carbocycles. The summed E-state index contributed by atoms with van der Waals surface area (Å²) in [5, 5.41) is 18.1. The van der Waals surface area contributed by atoms with Crippen LogP contribution in [0.3, 0.4) is 0 Å². The van der Waals surface area contributed by atoms with Crippen LogP contribution in [0.15, 0.2) is 18.2 Å². The second-order valence-electron chi connectivity index (χ2n) is 4.76. The number of hydrogen-bond acceptors (Lipinski definition) is 5. The molecule has 0 amide bonds. The highest BCUT2D eigenvalue weighted by atomic mass is 19.1. The van der Waals surface area contributed by atoms with Gasteiger partial charge in [0.25, 0.3) is 0 Å². The summed E-state index contributed by atoms with van der Waals surface area (Å²) < 4.78 is 24.6. The highest BCUT2D eigenvalue weighted by molar-refractivity contribution is 6.58. The molecule has 1 saturated heterocycles. The Kier molecular flexibility index (Phi) is 5.36. The van der Waals surface area contributed by atoms with Gasteiger partial charge < -0.3 is 19.5 Å². The van der Waals surface area contributed by atoms with Gasteiger partial charge in [-0.25, -0.2) is 4.39 Å². The molecular formula is C13H19BFNO4. The number of halogens is 1. The van der Waals surface area contributed by atoms with Crippen molar-refractivity contribution >= 4 is 12.6 Å². The number of likely N-dealkylation sites (N-methyl/N-ethyl adjacent to an activating group) is 1. The van der Waals surface area contributed by atoms with Crippen molar-refractivity contribution in [2.45, 2.75) is 13.0 Å². The van der Waals surface area contributed by atoms with Crippen molar-refractivity contribution in [3.05, 3.63) is 24.0 Å². The first kappa shape index (κ1) is 15.2. The maximum absolute atomic E-state index is 13.6. The van der Waals surface area contributed by atoms with Gasteiger partial charge in [-0.1, -0.05) is 13.0 Å². The predicted molar refractivity (Wildman–Crippen MR) is 73.6 cm³/mol. The molecule has 1 unspecified atom stereocenters. The number of ether oxygens (including phenoxy) is 2. The number of rotatable bonds is 5. The Morgan fingerprint density at radius 2 is 2.30 bits per heavy atom. The molecule has 1 aliphatic heterocycles. The van der Waals surface area contributed by atoms with Gasteiger partial charge in [0, 0.05) is 13.1 Å². The molecule has 1 atom stereocenters. The molecular weight excluding hydrogens is 264 g/mol. The molecule has 1 fully saturated rings. The van der Waals surface area contributed by atoms with Crippen molar-refractivity contribution < 1.29 is 23.9 Å². The van der Waals surface area contributed by atoms with E-state index in [-0.39, 0.29) is 23.9 Å². The Balaban J connectivity index is 1.94. The van der Waals surface area contributed by atoms with Crippen LogP contribution < -0.4 is 10.2 Å². The minimum Gasteiger partial charge on any atom is -0.488 e. The number of morpholine rings is 1. The molecule has 0 aromatic heterocycles. The van der Waals surface area contributed by atoms with Crippen molar-refractivity contribution in [3.8, 4) is 5.75 Å². The van der Waals surface area contributed by atoms with Gasteiger partial charge in [0.2, 0.25) is 0 Å².